The van der Waals surface area contributed by atoms with Gasteiger partial charge in [-0.25, -0.2) is 9.59 Å². The number of rotatable bonds is 6. The van der Waals surface area contributed by atoms with E-state index >= 15 is 0 Å². The van der Waals surface area contributed by atoms with Crippen molar-refractivity contribution < 1.29 is 28.5 Å². The van der Waals surface area contributed by atoms with Crippen molar-refractivity contribution in [2.24, 2.45) is 0 Å². The minimum absolute atomic E-state index is 0.318. The van der Waals surface area contributed by atoms with E-state index < -0.39 is 12.2 Å². The molecule has 0 spiro atoms. The largest absolute Gasteiger partial charge is 0.493 e. The molecular formula is C19H19NO6. The lowest BCUT2D eigenvalue weighted by atomic mass is 10.1. The van der Waals surface area contributed by atoms with Crippen molar-refractivity contribution in [3.63, 3.8) is 0 Å². The Morgan fingerprint density at radius 3 is 2.46 bits per heavy atom. The fourth-order valence-electron chi connectivity index (χ4n) is 2.78. The Labute approximate surface area is 150 Å². The minimum atomic E-state index is -0.661. The number of anilines is 1. The summed E-state index contributed by atoms with van der Waals surface area (Å²) < 4.78 is 20.9. The van der Waals surface area contributed by atoms with E-state index in [0.29, 0.717) is 40.5 Å². The topological polar surface area (TPSA) is 83.1 Å². The highest BCUT2D eigenvalue weighted by atomic mass is 16.6. The average Bonchev–Trinajstić information content (AvgIpc) is 2.97. The quantitative estimate of drug-likeness (QED) is 0.795. The number of cyclic esters (lactones) is 1. The van der Waals surface area contributed by atoms with E-state index in [1.54, 1.807) is 43.3 Å². The van der Waals surface area contributed by atoms with Crippen LogP contribution in [0.25, 0.3) is 0 Å². The summed E-state index contributed by atoms with van der Waals surface area (Å²) in [7, 11) is 2.98. The van der Waals surface area contributed by atoms with Crippen molar-refractivity contribution in [1.29, 1.82) is 0 Å². The summed E-state index contributed by atoms with van der Waals surface area (Å²) in [5, 5.41) is 3.12. The number of methoxy groups -OCH3 is 2. The Hall–Kier alpha value is -3.22. The first-order chi connectivity index (χ1) is 12.6. The molecule has 0 saturated carbocycles. The molecule has 2 aromatic carbocycles. The summed E-state index contributed by atoms with van der Waals surface area (Å²) >= 11 is 0. The average molecular weight is 357 g/mol. The lowest BCUT2D eigenvalue weighted by molar-refractivity contribution is 0.0434. The number of carbonyl (C=O) groups is 2. The van der Waals surface area contributed by atoms with Gasteiger partial charge >= 0.3 is 11.9 Å². The van der Waals surface area contributed by atoms with Gasteiger partial charge in [0.15, 0.2) is 11.5 Å². The van der Waals surface area contributed by atoms with E-state index in [1.165, 1.54) is 14.2 Å². The van der Waals surface area contributed by atoms with E-state index in [1.807, 2.05) is 0 Å². The van der Waals surface area contributed by atoms with Gasteiger partial charge in [0.05, 0.1) is 26.4 Å². The standard InChI is InChI=1S/C19H19NO6/c1-4-25-18(21)11-5-7-12(8-6-11)20-17-13-9-10-14(23-2)16(24-3)15(13)19(22)26-17/h5-10,17,20H,4H2,1-3H3/t17-/m1/s1. The van der Waals surface area contributed by atoms with Crippen molar-refractivity contribution in [3.05, 3.63) is 53.1 Å². The fraction of sp³-hybridized carbons (Fsp3) is 0.263. The van der Waals surface area contributed by atoms with E-state index in [4.69, 9.17) is 18.9 Å². The second-order valence-electron chi connectivity index (χ2n) is 5.49. The lowest BCUT2D eigenvalue weighted by Crippen LogP contribution is -2.10. The molecule has 1 heterocycles. The van der Waals surface area contributed by atoms with Gasteiger partial charge in [-0.2, -0.15) is 0 Å². The Morgan fingerprint density at radius 2 is 1.85 bits per heavy atom. The van der Waals surface area contributed by atoms with Crippen LogP contribution in [0.3, 0.4) is 0 Å². The van der Waals surface area contributed by atoms with Gasteiger partial charge in [-0.05, 0) is 43.3 Å². The normalized spacial score (nSPS) is 15.0. The molecule has 7 heteroatoms. The number of hydrogen-bond donors (Lipinski definition) is 1. The molecule has 0 fully saturated rings. The van der Waals surface area contributed by atoms with Crippen LogP contribution in [0.1, 0.15) is 39.4 Å². The molecule has 7 nitrogen and oxygen atoms in total. The van der Waals surface area contributed by atoms with Crippen LogP contribution in [0.5, 0.6) is 11.5 Å². The van der Waals surface area contributed by atoms with Gasteiger partial charge < -0.3 is 24.3 Å². The Morgan fingerprint density at radius 1 is 1.12 bits per heavy atom. The van der Waals surface area contributed by atoms with Gasteiger partial charge in [0, 0.05) is 11.3 Å². The van der Waals surface area contributed by atoms with Crippen LogP contribution in [-0.2, 0) is 9.47 Å². The predicted octanol–water partition coefficient (Wildman–Crippen LogP) is 3.16. The van der Waals surface area contributed by atoms with Gasteiger partial charge in [-0.3, -0.25) is 0 Å². The maximum atomic E-state index is 12.3. The zero-order valence-corrected chi connectivity index (χ0v) is 14.7. The van der Waals surface area contributed by atoms with Crippen LogP contribution in [0, 0.1) is 0 Å². The van der Waals surface area contributed by atoms with Crippen LogP contribution in [-0.4, -0.2) is 32.8 Å². The number of benzene rings is 2. The summed E-state index contributed by atoms with van der Waals surface area (Å²) in [6.07, 6.45) is -0.661. The number of ether oxygens (including phenoxy) is 4. The summed E-state index contributed by atoms with van der Waals surface area (Å²) in [6.45, 7) is 2.07. The van der Waals surface area contributed by atoms with Crippen molar-refractivity contribution >= 4 is 17.6 Å². The Balaban J connectivity index is 1.83. The zero-order valence-electron chi connectivity index (χ0n) is 14.7. The third-order valence-electron chi connectivity index (χ3n) is 3.98. The summed E-state index contributed by atoms with van der Waals surface area (Å²) in [6, 6.07) is 10.2. The summed E-state index contributed by atoms with van der Waals surface area (Å²) in [4.78, 5) is 24.0. The third kappa shape index (κ3) is 3.15. The van der Waals surface area contributed by atoms with E-state index in [2.05, 4.69) is 5.32 Å². The Bertz CT molecular complexity index is 831. The molecule has 3 rings (SSSR count). The molecular weight excluding hydrogens is 338 g/mol. The SMILES string of the molecule is CCOC(=O)c1ccc(N[C@@H]2OC(=O)c3c2ccc(OC)c3OC)cc1. The monoisotopic (exact) mass is 357 g/mol. The number of fused-ring (bicyclic) bond motifs is 1. The molecule has 1 N–H and O–H groups in total. The van der Waals surface area contributed by atoms with E-state index in [9.17, 15) is 9.59 Å². The number of nitrogens with one attached hydrogen (secondary N) is 1. The zero-order chi connectivity index (χ0) is 18.7. The first kappa shape index (κ1) is 17.6. The maximum absolute atomic E-state index is 12.3. The molecule has 0 unspecified atom stereocenters. The van der Waals surface area contributed by atoms with Crippen molar-refractivity contribution in [3.8, 4) is 11.5 Å². The maximum Gasteiger partial charge on any atom is 0.344 e. The number of hydrogen-bond acceptors (Lipinski definition) is 7. The molecule has 0 amide bonds. The number of carbonyl (C=O) groups excluding carboxylic acids is 2. The van der Waals surface area contributed by atoms with Crippen LogP contribution in [0.2, 0.25) is 0 Å². The van der Waals surface area contributed by atoms with Gasteiger partial charge in [-0.1, -0.05) is 0 Å². The van der Waals surface area contributed by atoms with Gasteiger partial charge in [-0.15, -0.1) is 0 Å². The van der Waals surface area contributed by atoms with Gasteiger partial charge in [0.2, 0.25) is 6.23 Å². The lowest BCUT2D eigenvalue weighted by Gasteiger charge is -2.15. The fourth-order valence-corrected chi connectivity index (χ4v) is 2.78. The molecule has 1 atom stereocenters. The van der Waals surface area contributed by atoms with Crippen molar-refractivity contribution in [2.75, 3.05) is 26.1 Å². The highest BCUT2D eigenvalue weighted by Gasteiger charge is 2.35. The molecule has 1 aliphatic rings. The molecule has 0 aromatic heterocycles. The van der Waals surface area contributed by atoms with Crippen molar-refractivity contribution in [1.82, 2.24) is 0 Å². The predicted molar refractivity (Wildman–Crippen MR) is 93.7 cm³/mol. The molecule has 0 aliphatic carbocycles. The highest BCUT2D eigenvalue weighted by Crippen LogP contribution is 2.42. The second-order valence-corrected chi connectivity index (χ2v) is 5.49. The number of esters is 2. The molecule has 2 aromatic rings. The summed E-state index contributed by atoms with van der Waals surface area (Å²) in [5.74, 6) is -0.0653. The molecule has 136 valence electrons. The molecule has 0 bridgehead atoms. The van der Waals surface area contributed by atoms with Crippen LogP contribution in [0.15, 0.2) is 36.4 Å². The molecule has 26 heavy (non-hydrogen) atoms. The first-order valence-electron chi connectivity index (χ1n) is 8.08. The molecule has 0 radical (unpaired) electrons. The second kappa shape index (κ2) is 7.35. The van der Waals surface area contributed by atoms with Crippen LogP contribution < -0.4 is 14.8 Å². The van der Waals surface area contributed by atoms with Gasteiger partial charge in [0.1, 0.15) is 5.56 Å². The molecule has 1 aliphatic heterocycles. The minimum Gasteiger partial charge on any atom is -0.493 e. The van der Waals surface area contributed by atoms with Crippen LogP contribution in [0.4, 0.5) is 5.69 Å². The van der Waals surface area contributed by atoms with E-state index in [0.717, 1.165) is 0 Å². The summed E-state index contributed by atoms with van der Waals surface area (Å²) in [5.41, 5.74) is 2.14. The third-order valence-corrected chi connectivity index (χ3v) is 3.98. The smallest absolute Gasteiger partial charge is 0.344 e. The van der Waals surface area contributed by atoms with E-state index in [-0.39, 0.29) is 5.97 Å². The van der Waals surface area contributed by atoms with Crippen LogP contribution >= 0.6 is 0 Å². The molecule has 0 saturated heterocycles. The van der Waals surface area contributed by atoms with Crippen molar-refractivity contribution in [2.45, 2.75) is 13.2 Å². The highest BCUT2D eigenvalue weighted by molar-refractivity contribution is 5.98. The first-order valence-corrected chi connectivity index (χ1v) is 8.08. The Kier molecular flexibility index (Phi) is 4.97. The van der Waals surface area contributed by atoms with Gasteiger partial charge in [0.25, 0.3) is 0 Å².